The lowest BCUT2D eigenvalue weighted by Gasteiger charge is -2.28. The largest absolute Gasteiger partial charge is 0.381 e. The maximum Gasteiger partial charge on any atom is 0.280 e. The first-order valence-corrected chi connectivity index (χ1v) is 9.60. The second-order valence-electron chi connectivity index (χ2n) is 7.48. The van der Waals surface area contributed by atoms with Gasteiger partial charge in [-0.15, -0.1) is 5.10 Å². The quantitative estimate of drug-likeness (QED) is 0.756. The van der Waals surface area contributed by atoms with Gasteiger partial charge in [0.15, 0.2) is 5.52 Å². The summed E-state index contributed by atoms with van der Waals surface area (Å²) in [5.74, 6) is 1.78. The Kier molecular flexibility index (Phi) is 3.97. The molecule has 7 nitrogen and oxygen atoms in total. The Balaban J connectivity index is 1.55. The molecule has 1 saturated heterocycles. The normalized spacial score (nSPS) is 20.4. The molecule has 2 aliphatic heterocycles. The molecule has 0 aliphatic carbocycles. The van der Waals surface area contributed by atoms with E-state index in [2.05, 4.69) is 41.5 Å². The number of nitrogens with zero attached hydrogens (tertiary/aromatic N) is 4. The first-order chi connectivity index (χ1) is 13.2. The number of hydrogen-bond acceptors (Lipinski definition) is 5. The third-order valence-corrected chi connectivity index (χ3v) is 5.65. The third kappa shape index (κ3) is 2.82. The number of fused-ring (bicyclic) bond motifs is 2. The van der Waals surface area contributed by atoms with E-state index in [-0.39, 0.29) is 17.5 Å². The van der Waals surface area contributed by atoms with Gasteiger partial charge >= 0.3 is 0 Å². The fourth-order valence-electron chi connectivity index (χ4n) is 4.17. The number of benzene rings is 1. The van der Waals surface area contributed by atoms with Crippen LogP contribution in [0.2, 0.25) is 0 Å². The van der Waals surface area contributed by atoms with Crippen molar-refractivity contribution in [1.82, 2.24) is 19.2 Å². The van der Waals surface area contributed by atoms with E-state index in [0.29, 0.717) is 18.0 Å². The summed E-state index contributed by atoms with van der Waals surface area (Å²) in [6.07, 6.45) is 4.35. The zero-order chi connectivity index (χ0) is 18.4. The highest BCUT2D eigenvalue weighted by molar-refractivity contribution is 5.47. The maximum atomic E-state index is 13.0. The van der Waals surface area contributed by atoms with Crippen LogP contribution in [0.3, 0.4) is 0 Å². The molecule has 0 spiro atoms. The van der Waals surface area contributed by atoms with E-state index in [4.69, 9.17) is 9.84 Å². The van der Waals surface area contributed by atoms with Gasteiger partial charge in [-0.2, -0.15) is 0 Å². The van der Waals surface area contributed by atoms with Gasteiger partial charge in [-0.1, -0.05) is 29.8 Å². The van der Waals surface area contributed by atoms with E-state index in [1.807, 2.05) is 0 Å². The van der Waals surface area contributed by atoms with Crippen molar-refractivity contribution in [3.05, 3.63) is 57.8 Å². The predicted molar refractivity (Wildman–Crippen MR) is 102 cm³/mol. The molecule has 2 aromatic heterocycles. The SMILES string of the molecule is Cc1cccc([C@@H]2CCn3c(nn4c(C5CCOCC5)ncc4c3=O)N2)c1. The highest BCUT2D eigenvalue weighted by atomic mass is 16.5. The van der Waals surface area contributed by atoms with Crippen molar-refractivity contribution in [2.45, 2.75) is 44.7 Å². The number of aromatic nitrogens is 4. The molecule has 3 aromatic rings. The Hall–Kier alpha value is -2.67. The van der Waals surface area contributed by atoms with Crippen LogP contribution in [-0.2, 0) is 11.3 Å². The van der Waals surface area contributed by atoms with Crippen LogP contribution in [-0.4, -0.2) is 32.4 Å². The van der Waals surface area contributed by atoms with Crippen molar-refractivity contribution in [1.29, 1.82) is 0 Å². The number of aryl methyl sites for hydroxylation is 1. The molecule has 0 radical (unpaired) electrons. The number of imidazole rings is 1. The molecule has 0 bridgehead atoms. The second-order valence-corrected chi connectivity index (χ2v) is 7.48. The summed E-state index contributed by atoms with van der Waals surface area (Å²) in [6, 6.07) is 8.64. The number of nitrogens with one attached hydrogen (secondary N) is 1. The lowest BCUT2D eigenvalue weighted by Crippen LogP contribution is -2.34. The molecule has 4 heterocycles. The topological polar surface area (TPSA) is 73.5 Å². The minimum atomic E-state index is -0.0269. The molecular weight excluding hydrogens is 342 g/mol. The van der Waals surface area contributed by atoms with Gasteiger partial charge in [-0.05, 0) is 31.7 Å². The highest BCUT2D eigenvalue weighted by Crippen LogP contribution is 2.29. The van der Waals surface area contributed by atoms with Crippen LogP contribution in [0, 0.1) is 6.92 Å². The summed E-state index contributed by atoms with van der Waals surface area (Å²) >= 11 is 0. The molecule has 0 amide bonds. The van der Waals surface area contributed by atoms with Gasteiger partial charge < -0.3 is 10.1 Å². The van der Waals surface area contributed by atoms with Crippen molar-refractivity contribution in [3.63, 3.8) is 0 Å². The first-order valence-electron chi connectivity index (χ1n) is 9.60. The van der Waals surface area contributed by atoms with Crippen LogP contribution >= 0.6 is 0 Å². The van der Waals surface area contributed by atoms with Crippen LogP contribution < -0.4 is 10.9 Å². The number of hydrogen-bond donors (Lipinski definition) is 1. The van der Waals surface area contributed by atoms with E-state index in [0.717, 1.165) is 38.3 Å². The monoisotopic (exact) mass is 365 g/mol. The summed E-state index contributed by atoms with van der Waals surface area (Å²) in [7, 11) is 0. The first kappa shape index (κ1) is 16.5. The average Bonchev–Trinajstić information content (AvgIpc) is 3.12. The fraction of sp³-hybridized carbons (Fsp3) is 0.450. The van der Waals surface area contributed by atoms with Crippen molar-refractivity contribution < 1.29 is 4.74 Å². The van der Waals surface area contributed by atoms with Crippen LogP contribution in [0.4, 0.5) is 5.95 Å². The summed E-state index contributed by atoms with van der Waals surface area (Å²) < 4.78 is 8.94. The number of ether oxygens (including phenoxy) is 1. The van der Waals surface area contributed by atoms with E-state index < -0.39 is 0 Å². The Labute approximate surface area is 157 Å². The van der Waals surface area contributed by atoms with Gasteiger partial charge in [0.2, 0.25) is 5.95 Å². The molecule has 1 aromatic carbocycles. The maximum absolute atomic E-state index is 13.0. The van der Waals surface area contributed by atoms with Crippen LogP contribution in [0.5, 0.6) is 0 Å². The minimum Gasteiger partial charge on any atom is -0.381 e. The van der Waals surface area contributed by atoms with Crippen LogP contribution in [0.25, 0.3) is 5.52 Å². The molecule has 140 valence electrons. The Morgan fingerprint density at radius 2 is 2.07 bits per heavy atom. The number of anilines is 1. The Bertz CT molecular complexity index is 1050. The minimum absolute atomic E-state index is 0.0269. The lowest BCUT2D eigenvalue weighted by molar-refractivity contribution is 0.0832. The Morgan fingerprint density at radius 3 is 2.89 bits per heavy atom. The molecule has 0 unspecified atom stereocenters. The van der Waals surface area contributed by atoms with Crippen molar-refractivity contribution >= 4 is 11.5 Å². The van der Waals surface area contributed by atoms with Gasteiger partial charge in [0.05, 0.1) is 12.2 Å². The summed E-state index contributed by atoms with van der Waals surface area (Å²) in [5.41, 5.74) is 2.99. The molecule has 1 atom stereocenters. The highest BCUT2D eigenvalue weighted by Gasteiger charge is 2.26. The van der Waals surface area contributed by atoms with E-state index >= 15 is 0 Å². The molecule has 0 saturated carbocycles. The molecule has 2 aliphatic rings. The van der Waals surface area contributed by atoms with E-state index in [1.54, 1.807) is 15.3 Å². The van der Waals surface area contributed by atoms with Gasteiger partial charge in [-0.3, -0.25) is 9.36 Å². The fourth-order valence-corrected chi connectivity index (χ4v) is 4.17. The lowest BCUT2D eigenvalue weighted by atomic mass is 10.00. The summed E-state index contributed by atoms with van der Waals surface area (Å²) in [6.45, 7) is 4.22. The number of rotatable bonds is 2. The smallest absolute Gasteiger partial charge is 0.280 e. The molecule has 1 N–H and O–H groups in total. The average molecular weight is 365 g/mol. The zero-order valence-corrected chi connectivity index (χ0v) is 15.4. The molecule has 27 heavy (non-hydrogen) atoms. The summed E-state index contributed by atoms with van der Waals surface area (Å²) in [5, 5.41) is 8.25. The molecule has 1 fully saturated rings. The third-order valence-electron chi connectivity index (χ3n) is 5.65. The Morgan fingerprint density at radius 1 is 1.22 bits per heavy atom. The van der Waals surface area contributed by atoms with Gasteiger partial charge in [0.1, 0.15) is 5.82 Å². The van der Waals surface area contributed by atoms with Gasteiger partial charge in [-0.25, -0.2) is 9.50 Å². The molecule has 7 heteroatoms. The molecular formula is C20H23N5O2. The zero-order valence-electron chi connectivity index (χ0n) is 15.4. The standard InChI is InChI=1S/C20H23N5O2/c1-13-3-2-4-15(11-13)16-5-8-24-19(26)17-12-21-18(14-6-9-27-10-7-14)25(17)23-20(24)22-16/h2-4,11-12,14,16H,5-10H2,1H3,(H,22,23)/t16-/m0/s1. The summed E-state index contributed by atoms with van der Waals surface area (Å²) in [4.78, 5) is 17.5. The van der Waals surface area contributed by atoms with E-state index in [9.17, 15) is 4.79 Å². The van der Waals surface area contributed by atoms with Crippen molar-refractivity contribution in [2.24, 2.45) is 0 Å². The van der Waals surface area contributed by atoms with Crippen molar-refractivity contribution in [2.75, 3.05) is 18.5 Å². The van der Waals surface area contributed by atoms with Crippen molar-refractivity contribution in [3.8, 4) is 0 Å². The van der Waals surface area contributed by atoms with Crippen LogP contribution in [0.15, 0.2) is 35.3 Å². The van der Waals surface area contributed by atoms with Crippen LogP contribution in [0.1, 0.15) is 48.2 Å². The van der Waals surface area contributed by atoms with Gasteiger partial charge in [0.25, 0.3) is 5.56 Å². The van der Waals surface area contributed by atoms with Gasteiger partial charge in [0, 0.05) is 25.7 Å². The second kappa shape index (κ2) is 6.49. The van der Waals surface area contributed by atoms with E-state index in [1.165, 1.54) is 11.1 Å². The predicted octanol–water partition coefficient (Wildman–Crippen LogP) is 2.65. The molecule has 5 rings (SSSR count).